The molecule has 1 saturated heterocycles. The van der Waals surface area contributed by atoms with Gasteiger partial charge in [-0.1, -0.05) is 6.08 Å². The summed E-state index contributed by atoms with van der Waals surface area (Å²) >= 11 is 0. The van der Waals surface area contributed by atoms with E-state index in [0.717, 1.165) is 0 Å². The van der Waals surface area contributed by atoms with Crippen LogP contribution >= 0.6 is 0 Å². The molecule has 84 valence electrons. The molecule has 1 rings (SSSR count). The molecule has 0 spiro atoms. The van der Waals surface area contributed by atoms with E-state index < -0.39 is 11.9 Å². The van der Waals surface area contributed by atoms with Gasteiger partial charge in [0.1, 0.15) is 6.04 Å². The third-order valence-electron chi connectivity index (χ3n) is 2.36. The van der Waals surface area contributed by atoms with Crippen molar-refractivity contribution in [2.24, 2.45) is 11.7 Å². The normalized spacial score (nSPS) is 22.0. The molecule has 1 aliphatic heterocycles. The molecule has 0 aromatic heterocycles. The van der Waals surface area contributed by atoms with Crippen molar-refractivity contribution in [3.8, 4) is 0 Å². The second-order valence-corrected chi connectivity index (χ2v) is 3.55. The maximum absolute atomic E-state index is 11.6. The summed E-state index contributed by atoms with van der Waals surface area (Å²) in [7, 11) is 0. The molecular formula is C10H16N2O3. The van der Waals surface area contributed by atoms with E-state index in [9.17, 15) is 9.59 Å². The highest BCUT2D eigenvalue weighted by Crippen LogP contribution is 2.12. The number of amides is 2. The highest BCUT2D eigenvalue weighted by atomic mass is 16.5. The fourth-order valence-electron chi connectivity index (χ4n) is 1.44. The zero-order valence-corrected chi connectivity index (χ0v) is 8.57. The Morgan fingerprint density at radius 1 is 1.67 bits per heavy atom. The van der Waals surface area contributed by atoms with Gasteiger partial charge in [0.05, 0.1) is 12.5 Å². The van der Waals surface area contributed by atoms with Gasteiger partial charge in [0, 0.05) is 6.61 Å². The Morgan fingerprint density at radius 3 is 2.87 bits per heavy atom. The predicted octanol–water partition coefficient (Wildman–Crippen LogP) is -0.431. The third kappa shape index (κ3) is 3.36. The molecule has 15 heavy (non-hydrogen) atoms. The quantitative estimate of drug-likeness (QED) is 0.607. The van der Waals surface area contributed by atoms with Gasteiger partial charge in [0.25, 0.3) is 0 Å². The average molecular weight is 212 g/mol. The molecule has 1 fully saturated rings. The largest absolute Gasteiger partial charge is 0.381 e. The van der Waals surface area contributed by atoms with Crippen LogP contribution in [-0.4, -0.2) is 31.1 Å². The smallest absolute Gasteiger partial charge is 0.240 e. The number of ether oxygens (including phenoxy) is 1. The molecule has 5 nitrogen and oxygen atoms in total. The summed E-state index contributed by atoms with van der Waals surface area (Å²) in [6.07, 6.45) is 2.61. The maximum Gasteiger partial charge on any atom is 0.240 e. The van der Waals surface area contributed by atoms with Crippen LogP contribution in [-0.2, 0) is 14.3 Å². The molecule has 0 aromatic rings. The second-order valence-electron chi connectivity index (χ2n) is 3.55. The van der Waals surface area contributed by atoms with E-state index in [-0.39, 0.29) is 11.8 Å². The number of carbonyl (C=O) groups is 2. The first-order valence-corrected chi connectivity index (χ1v) is 4.93. The minimum atomic E-state index is -0.657. The SMILES string of the molecule is C=CC[C@@H](NC(=O)[C@H]1CCOC1)C(N)=O. The van der Waals surface area contributed by atoms with Crippen LogP contribution in [0.4, 0.5) is 0 Å². The van der Waals surface area contributed by atoms with Gasteiger partial charge in [-0.15, -0.1) is 6.58 Å². The Morgan fingerprint density at radius 2 is 2.40 bits per heavy atom. The van der Waals surface area contributed by atoms with E-state index in [4.69, 9.17) is 10.5 Å². The number of hydrogen-bond acceptors (Lipinski definition) is 3. The molecule has 1 heterocycles. The fraction of sp³-hybridized carbons (Fsp3) is 0.600. The van der Waals surface area contributed by atoms with Crippen LogP contribution in [0.5, 0.6) is 0 Å². The molecule has 0 aromatic carbocycles. The van der Waals surface area contributed by atoms with Crippen molar-refractivity contribution in [3.63, 3.8) is 0 Å². The fourth-order valence-corrected chi connectivity index (χ4v) is 1.44. The van der Waals surface area contributed by atoms with Crippen LogP contribution in [0.15, 0.2) is 12.7 Å². The lowest BCUT2D eigenvalue weighted by Crippen LogP contribution is -2.46. The summed E-state index contributed by atoms with van der Waals surface area (Å²) in [5.74, 6) is -0.864. The summed E-state index contributed by atoms with van der Waals surface area (Å²) in [5, 5.41) is 2.59. The van der Waals surface area contributed by atoms with Crippen molar-refractivity contribution in [2.75, 3.05) is 13.2 Å². The molecule has 2 atom stereocenters. The molecule has 0 unspecified atom stereocenters. The molecule has 1 aliphatic rings. The van der Waals surface area contributed by atoms with E-state index in [1.807, 2.05) is 0 Å². The Balaban J connectivity index is 2.45. The van der Waals surface area contributed by atoms with Crippen LogP contribution in [0, 0.1) is 5.92 Å². The summed E-state index contributed by atoms with van der Waals surface area (Å²) in [5.41, 5.74) is 5.14. The summed E-state index contributed by atoms with van der Waals surface area (Å²) in [4.78, 5) is 22.6. The van der Waals surface area contributed by atoms with Gasteiger partial charge in [-0.2, -0.15) is 0 Å². The van der Waals surface area contributed by atoms with Crippen LogP contribution in [0.2, 0.25) is 0 Å². The summed E-state index contributed by atoms with van der Waals surface area (Å²) in [6.45, 7) is 4.52. The molecule has 0 bridgehead atoms. The van der Waals surface area contributed by atoms with E-state index >= 15 is 0 Å². The van der Waals surface area contributed by atoms with Gasteiger partial charge in [-0.25, -0.2) is 0 Å². The number of hydrogen-bond donors (Lipinski definition) is 2. The Hall–Kier alpha value is -1.36. The Bertz CT molecular complexity index is 259. The summed E-state index contributed by atoms with van der Waals surface area (Å²) in [6, 6.07) is -0.657. The topological polar surface area (TPSA) is 81.4 Å². The Labute approximate surface area is 88.7 Å². The van der Waals surface area contributed by atoms with Crippen molar-refractivity contribution in [2.45, 2.75) is 18.9 Å². The zero-order valence-electron chi connectivity index (χ0n) is 8.57. The first kappa shape index (κ1) is 11.7. The monoisotopic (exact) mass is 212 g/mol. The van der Waals surface area contributed by atoms with Gasteiger partial charge in [0.15, 0.2) is 0 Å². The van der Waals surface area contributed by atoms with Gasteiger partial charge in [-0.05, 0) is 12.8 Å². The van der Waals surface area contributed by atoms with Crippen LogP contribution in [0.1, 0.15) is 12.8 Å². The molecule has 3 N–H and O–H groups in total. The van der Waals surface area contributed by atoms with Crippen LogP contribution in [0.3, 0.4) is 0 Å². The lowest BCUT2D eigenvalue weighted by molar-refractivity contribution is -0.129. The second kappa shape index (κ2) is 5.50. The van der Waals surface area contributed by atoms with Crippen LogP contribution in [0.25, 0.3) is 0 Å². The lowest BCUT2D eigenvalue weighted by atomic mass is 10.1. The van der Waals surface area contributed by atoms with E-state index in [0.29, 0.717) is 26.1 Å². The number of carbonyl (C=O) groups excluding carboxylic acids is 2. The van der Waals surface area contributed by atoms with E-state index in [2.05, 4.69) is 11.9 Å². The molecule has 0 radical (unpaired) electrons. The number of rotatable bonds is 5. The van der Waals surface area contributed by atoms with Crippen molar-refractivity contribution < 1.29 is 14.3 Å². The summed E-state index contributed by atoms with van der Waals surface area (Å²) < 4.78 is 5.08. The van der Waals surface area contributed by atoms with Gasteiger partial charge >= 0.3 is 0 Å². The molecule has 0 aliphatic carbocycles. The van der Waals surface area contributed by atoms with Crippen molar-refractivity contribution in [3.05, 3.63) is 12.7 Å². The number of nitrogens with one attached hydrogen (secondary N) is 1. The minimum absolute atomic E-state index is 0.156. The van der Waals surface area contributed by atoms with Gasteiger partial charge in [0.2, 0.25) is 11.8 Å². The lowest BCUT2D eigenvalue weighted by Gasteiger charge is -2.15. The molecule has 0 saturated carbocycles. The maximum atomic E-state index is 11.6. The highest BCUT2D eigenvalue weighted by Gasteiger charge is 2.26. The standard InChI is InChI=1S/C10H16N2O3/c1-2-3-8(9(11)13)12-10(14)7-4-5-15-6-7/h2,7-8H,1,3-6H2,(H2,11,13)(H,12,14)/t7-,8+/m0/s1. The van der Waals surface area contributed by atoms with Crippen molar-refractivity contribution in [1.82, 2.24) is 5.32 Å². The van der Waals surface area contributed by atoms with Crippen LogP contribution < -0.4 is 11.1 Å². The number of nitrogens with two attached hydrogens (primary N) is 1. The van der Waals surface area contributed by atoms with Crippen molar-refractivity contribution >= 4 is 11.8 Å². The third-order valence-corrected chi connectivity index (χ3v) is 2.36. The number of primary amides is 1. The van der Waals surface area contributed by atoms with Gasteiger partial charge < -0.3 is 15.8 Å². The van der Waals surface area contributed by atoms with E-state index in [1.54, 1.807) is 6.08 Å². The average Bonchev–Trinajstić information content (AvgIpc) is 2.69. The van der Waals surface area contributed by atoms with Gasteiger partial charge in [-0.3, -0.25) is 9.59 Å². The molecule has 5 heteroatoms. The first-order chi connectivity index (χ1) is 7.15. The molecule has 2 amide bonds. The highest BCUT2D eigenvalue weighted by molar-refractivity contribution is 5.87. The Kier molecular flexibility index (Phi) is 4.30. The van der Waals surface area contributed by atoms with Crippen molar-refractivity contribution in [1.29, 1.82) is 0 Å². The van der Waals surface area contributed by atoms with E-state index in [1.165, 1.54) is 0 Å². The minimum Gasteiger partial charge on any atom is -0.381 e. The molecular weight excluding hydrogens is 196 g/mol. The predicted molar refractivity (Wildman–Crippen MR) is 54.9 cm³/mol. The first-order valence-electron chi connectivity index (χ1n) is 4.93. The zero-order chi connectivity index (χ0) is 11.3.